The summed E-state index contributed by atoms with van der Waals surface area (Å²) in [5.41, 5.74) is 0.734. The first-order valence-electron chi connectivity index (χ1n) is 6.20. The first-order valence-corrected chi connectivity index (χ1v) is 7.01. The number of H-pyrrole nitrogens is 1. The zero-order valence-corrected chi connectivity index (χ0v) is 12.0. The highest BCUT2D eigenvalue weighted by atomic mass is 32.2. The molecule has 0 unspecified atom stereocenters. The summed E-state index contributed by atoms with van der Waals surface area (Å²) in [6, 6.07) is 5.06. The minimum atomic E-state index is -0.943. The molecular formula is C13H15N3O3S. The van der Waals surface area contributed by atoms with Crippen molar-refractivity contribution in [2.24, 2.45) is 0 Å². The van der Waals surface area contributed by atoms with Gasteiger partial charge in [-0.15, -0.1) is 5.10 Å². The molecule has 0 saturated heterocycles. The molecule has 0 saturated carbocycles. The standard InChI is InChI=1S/C13H15N3O3S/c1-3-6-16-12(19)14-15-13(16)20-9-4-5-10(11(17)18)8(2)7-9/h4-5,7H,3,6H2,1-2H3,(H,14,19)(H,17,18). The molecule has 2 N–H and O–H groups in total. The van der Waals surface area contributed by atoms with Crippen LogP contribution < -0.4 is 5.69 Å². The van der Waals surface area contributed by atoms with Crippen molar-refractivity contribution in [3.63, 3.8) is 0 Å². The van der Waals surface area contributed by atoms with Gasteiger partial charge in [-0.25, -0.2) is 14.7 Å². The van der Waals surface area contributed by atoms with Gasteiger partial charge in [0.05, 0.1) is 5.56 Å². The summed E-state index contributed by atoms with van der Waals surface area (Å²) in [6.45, 7) is 4.33. The lowest BCUT2D eigenvalue weighted by atomic mass is 10.1. The average molecular weight is 293 g/mol. The molecule has 7 heteroatoms. The van der Waals surface area contributed by atoms with E-state index >= 15 is 0 Å². The van der Waals surface area contributed by atoms with Crippen molar-refractivity contribution >= 4 is 17.7 Å². The van der Waals surface area contributed by atoms with Gasteiger partial charge in [0, 0.05) is 11.4 Å². The lowest BCUT2D eigenvalue weighted by Crippen LogP contribution is -2.17. The van der Waals surface area contributed by atoms with Crippen LogP contribution in [0.2, 0.25) is 0 Å². The number of aromatic carboxylic acids is 1. The minimum absolute atomic E-state index is 0.228. The van der Waals surface area contributed by atoms with E-state index in [1.807, 2.05) is 6.92 Å². The molecule has 2 rings (SSSR count). The highest BCUT2D eigenvalue weighted by Gasteiger charge is 2.12. The fraction of sp³-hybridized carbons (Fsp3) is 0.308. The maximum Gasteiger partial charge on any atom is 0.343 e. The summed E-state index contributed by atoms with van der Waals surface area (Å²) in [5, 5.41) is 16.0. The lowest BCUT2D eigenvalue weighted by molar-refractivity contribution is 0.0696. The third-order valence-corrected chi connectivity index (χ3v) is 3.79. The molecule has 0 radical (unpaired) electrons. The van der Waals surface area contributed by atoms with E-state index in [-0.39, 0.29) is 11.3 Å². The highest BCUT2D eigenvalue weighted by Crippen LogP contribution is 2.27. The van der Waals surface area contributed by atoms with Gasteiger partial charge in [-0.1, -0.05) is 6.92 Å². The van der Waals surface area contributed by atoms with Crippen LogP contribution in [0.25, 0.3) is 0 Å². The van der Waals surface area contributed by atoms with Crippen LogP contribution in [0.1, 0.15) is 29.3 Å². The van der Waals surface area contributed by atoms with Gasteiger partial charge in [0.15, 0.2) is 5.16 Å². The number of carboxylic acid groups (broad SMARTS) is 1. The number of nitrogens with one attached hydrogen (secondary N) is 1. The van der Waals surface area contributed by atoms with Crippen LogP contribution in [0.15, 0.2) is 33.0 Å². The molecule has 6 nitrogen and oxygen atoms in total. The molecular weight excluding hydrogens is 278 g/mol. The third-order valence-electron chi connectivity index (χ3n) is 2.81. The number of carbonyl (C=O) groups is 1. The molecule has 2 aromatic rings. The van der Waals surface area contributed by atoms with Crippen LogP contribution in [0.4, 0.5) is 0 Å². The summed E-state index contributed by atoms with van der Waals surface area (Å²) in [4.78, 5) is 23.4. The van der Waals surface area contributed by atoms with E-state index in [0.29, 0.717) is 17.3 Å². The van der Waals surface area contributed by atoms with Gasteiger partial charge in [0.25, 0.3) is 0 Å². The second-order valence-electron chi connectivity index (χ2n) is 4.35. The molecule has 0 spiro atoms. The van der Waals surface area contributed by atoms with Crippen molar-refractivity contribution in [3.05, 3.63) is 39.8 Å². The zero-order valence-electron chi connectivity index (χ0n) is 11.2. The number of carboxylic acids is 1. The van der Waals surface area contributed by atoms with Crippen molar-refractivity contribution in [1.82, 2.24) is 14.8 Å². The van der Waals surface area contributed by atoms with Crippen LogP contribution in [0.3, 0.4) is 0 Å². The first kappa shape index (κ1) is 14.4. The van der Waals surface area contributed by atoms with E-state index in [0.717, 1.165) is 11.3 Å². The largest absolute Gasteiger partial charge is 0.478 e. The molecule has 1 aromatic carbocycles. The normalized spacial score (nSPS) is 10.7. The maximum absolute atomic E-state index is 11.6. The SMILES string of the molecule is CCCn1c(Sc2ccc(C(=O)O)c(C)c2)n[nH]c1=O. The zero-order chi connectivity index (χ0) is 14.7. The Hall–Kier alpha value is -2.02. The van der Waals surface area contributed by atoms with Gasteiger partial charge in [-0.3, -0.25) is 4.57 Å². The van der Waals surface area contributed by atoms with E-state index in [9.17, 15) is 9.59 Å². The van der Waals surface area contributed by atoms with Crippen LogP contribution in [0, 0.1) is 6.92 Å². The molecule has 0 aliphatic heterocycles. The molecule has 0 aliphatic carbocycles. The summed E-state index contributed by atoms with van der Waals surface area (Å²) in [6.07, 6.45) is 0.837. The van der Waals surface area contributed by atoms with Gasteiger partial charge >= 0.3 is 11.7 Å². The summed E-state index contributed by atoms with van der Waals surface area (Å²) >= 11 is 1.34. The third kappa shape index (κ3) is 2.93. The Balaban J connectivity index is 2.29. The van der Waals surface area contributed by atoms with Crippen molar-refractivity contribution in [1.29, 1.82) is 0 Å². The smallest absolute Gasteiger partial charge is 0.343 e. The van der Waals surface area contributed by atoms with Crippen LogP contribution in [-0.4, -0.2) is 25.8 Å². The molecule has 0 atom stereocenters. The van der Waals surface area contributed by atoms with E-state index in [4.69, 9.17) is 5.11 Å². The van der Waals surface area contributed by atoms with Gasteiger partial charge in [-0.05, 0) is 48.9 Å². The number of rotatable bonds is 5. The quantitative estimate of drug-likeness (QED) is 0.881. The average Bonchev–Trinajstić information content (AvgIpc) is 2.72. The predicted octanol–water partition coefficient (Wildman–Crippen LogP) is 2.14. The Labute approximate surface area is 119 Å². The molecule has 0 aliphatic rings. The Bertz CT molecular complexity index is 690. The Morgan fingerprint density at radius 1 is 1.50 bits per heavy atom. The van der Waals surface area contributed by atoms with Crippen molar-refractivity contribution in [2.75, 3.05) is 0 Å². The first-order chi connectivity index (χ1) is 9.52. The monoisotopic (exact) mass is 293 g/mol. The van der Waals surface area contributed by atoms with E-state index in [1.54, 1.807) is 29.7 Å². The summed E-state index contributed by atoms with van der Waals surface area (Å²) in [7, 11) is 0. The second kappa shape index (κ2) is 5.96. The number of aromatic nitrogens is 3. The number of hydrogen-bond donors (Lipinski definition) is 2. The topological polar surface area (TPSA) is 88.0 Å². The Kier molecular flexibility index (Phi) is 4.29. The fourth-order valence-electron chi connectivity index (χ4n) is 1.85. The maximum atomic E-state index is 11.6. The number of hydrogen-bond acceptors (Lipinski definition) is 4. The number of nitrogens with zero attached hydrogens (tertiary/aromatic N) is 2. The minimum Gasteiger partial charge on any atom is -0.478 e. The molecule has 0 fully saturated rings. The van der Waals surface area contributed by atoms with Crippen molar-refractivity contribution < 1.29 is 9.90 Å². The van der Waals surface area contributed by atoms with Crippen LogP contribution in [0.5, 0.6) is 0 Å². The second-order valence-corrected chi connectivity index (χ2v) is 5.39. The van der Waals surface area contributed by atoms with Gasteiger partial charge in [0.2, 0.25) is 0 Å². The van der Waals surface area contributed by atoms with E-state index in [1.165, 1.54) is 11.8 Å². The van der Waals surface area contributed by atoms with Gasteiger partial charge in [-0.2, -0.15) is 0 Å². The number of benzene rings is 1. The Morgan fingerprint density at radius 3 is 2.85 bits per heavy atom. The van der Waals surface area contributed by atoms with Crippen molar-refractivity contribution in [3.8, 4) is 0 Å². The molecule has 20 heavy (non-hydrogen) atoms. The molecule has 1 aromatic heterocycles. The fourth-order valence-corrected chi connectivity index (χ4v) is 2.81. The molecule has 0 bridgehead atoms. The summed E-state index contributed by atoms with van der Waals surface area (Å²) in [5.74, 6) is -0.943. The van der Waals surface area contributed by atoms with Gasteiger partial charge in [0.1, 0.15) is 0 Å². The molecule has 0 amide bonds. The van der Waals surface area contributed by atoms with Crippen molar-refractivity contribution in [2.45, 2.75) is 36.9 Å². The predicted molar refractivity (Wildman–Crippen MR) is 75.4 cm³/mol. The van der Waals surface area contributed by atoms with Crippen LogP contribution in [-0.2, 0) is 6.54 Å². The highest BCUT2D eigenvalue weighted by molar-refractivity contribution is 7.99. The lowest BCUT2D eigenvalue weighted by Gasteiger charge is -2.06. The van der Waals surface area contributed by atoms with Gasteiger partial charge < -0.3 is 5.11 Å². The van der Waals surface area contributed by atoms with E-state index < -0.39 is 5.97 Å². The Morgan fingerprint density at radius 2 is 2.25 bits per heavy atom. The molecule has 106 valence electrons. The summed E-state index contributed by atoms with van der Waals surface area (Å²) < 4.78 is 1.57. The number of aromatic amines is 1. The van der Waals surface area contributed by atoms with Crippen LogP contribution >= 0.6 is 11.8 Å². The number of aryl methyl sites for hydroxylation is 1. The van der Waals surface area contributed by atoms with E-state index in [2.05, 4.69) is 10.2 Å². The molecule has 1 heterocycles.